The number of aromatic amines is 1. The van der Waals surface area contributed by atoms with Crippen LogP contribution in [0.1, 0.15) is 20.3 Å². The SMILES string of the molecule is CCN(CC)CCCNc1nccc2[nH]c3ccc4cc(O)ccc4c3c12. The number of anilines is 1. The third-order valence-corrected chi connectivity index (χ3v) is 5.31. The third-order valence-electron chi connectivity index (χ3n) is 5.31. The number of phenols is 1. The molecule has 0 aliphatic heterocycles. The van der Waals surface area contributed by atoms with E-state index < -0.39 is 0 Å². The number of hydrogen-bond donors (Lipinski definition) is 3. The number of fused-ring (bicyclic) bond motifs is 5. The molecule has 27 heavy (non-hydrogen) atoms. The molecule has 0 aliphatic rings. The normalized spacial score (nSPS) is 11.8. The van der Waals surface area contributed by atoms with Gasteiger partial charge in [0, 0.05) is 23.6 Å². The molecule has 2 aromatic heterocycles. The van der Waals surface area contributed by atoms with Crippen molar-refractivity contribution in [3.8, 4) is 5.75 Å². The lowest BCUT2D eigenvalue weighted by Gasteiger charge is -2.17. The van der Waals surface area contributed by atoms with Gasteiger partial charge in [-0.05, 0) is 61.1 Å². The van der Waals surface area contributed by atoms with Gasteiger partial charge in [0.15, 0.2) is 0 Å². The van der Waals surface area contributed by atoms with Crippen LogP contribution in [0.4, 0.5) is 5.82 Å². The molecule has 0 aliphatic carbocycles. The smallest absolute Gasteiger partial charge is 0.136 e. The first-order chi connectivity index (χ1) is 13.2. The highest BCUT2D eigenvalue weighted by atomic mass is 16.3. The van der Waals surface area contributed by atoms with Crippen molar-refractivity contribution in [2.75, 3.05) is 31.5 Å². The number of phenolic OH excluding ortho intramolecular Hbond substituents is 1. The summed E-state index contributed by atoms with van der Waals surface area (Å²) in [6.07, 6.45) is 2.93. The molecule has 0 saturated heterocycles. The quantitative estimate of drug-likeness (QED) is 0.416. The van der Waals surface area contributed by atoms with Gasteiger partial charge in [-0.15, -0.1) is 0 Å². The van der Waals surface area contributed by atoms with Crippen molar-refractivity contribution in [1.29, 1.82) is 0 Å². The molecule has 0 amide bonds. The van der Waals surface area contributed by atoms with Crippen LogP contribution in [0.2, 0.25) is 0 Å². The summed E-state index contributed by atoms with van der Waals surface area (Å²) in [4.78, 5) is 10.5. The topological polar surface area (TPSA) is 64.2 Å². The summed E-state index contributed by atoms with van der Waals surface area (Å²) >= 11 is 0. The molecule has 0 bridgehead atoms. The van der Waals surface area contributed by atoms with Crippen LogP contribution in [0.25, 0.3) is 32.6 Å². The maximum absolute atomic E-state index is 9.81. The van der Waals surface area contributed by atoms with E-state index in [0.717, 1.165) is 71.0 Å². The van der Waals surface area contributed by atoms with E-state index in [1.165, 1.54) is 0 Å². The number of rotatable bonds is 7. The van der Waals surface area contributed by atoms with E-state index in [1.54, 1.807) is 12.1 Å². The predicted octanol–water partition coefficient (Wildman–Crippen LogP) is 4.72. The van der Waals surface area contributed by atoms with Crippen molar-refractivity contribution in [1.82, 2.24) is 14.9 Å². The van der Waals surface area contributed by atoms with Crippen LogP contribution in [0.5, 0.6) is 5.75 Å². The highest BCUT2D eigenvalue weighted by molar-refractivity contribution is 6.23. The Kier molecular flexibility index (Phi) is 4.86. The van der Waals surface area contributed by atoms with Gasteiger partial charge in [-0.25, -0.2) is 4.98 Å². The van der Waals surface area contributed by atoms with Gasteiger partial charge in [-0.3, -0.25) is 0 Å². The van der Waals surface area contributed by atoms with E-state index in [9.17, 15) is 5.11 Å². The fourth-order valence-corrected chi connectivity index (χ4v) is 3.84. The number of nitrogens with one attached hydrogen (secondary N) is 2. The molecule has 3 N–H and O–H groups in total. The second-order valence-corrected chi connectivity index (χ2v) is 6.91. The zero-order chi connectivity index (χ0) is 18.8. The fourth-order valence-electron chi connectivity index (χ4n) is 3.84. The van der Waals surface area contributed by atoms with Gasteiger partial charge in [0.25, 0.3) is 0 Å². The molecule has 4 rings (SSSR count). The maximum Gasteiger partial charge on any atom is 0.136 e. The van der Waals surface area contributed by atoms with Crippen LogP contribution in [-0.4, -0.2) is 46.2 Å². The monoisotopic (exact) mass is 362 g/mol. The largest absolute Gasteiger partial charge is 0.508 e. The average molecular weight is 362 g/mol. The number of benzene rings is 2. The van der Waals surface area contributed by atoms with E-state index in [-0.39, 0.29) is 5.75 Å². The summed E-state index contributed by atoms with van der Waals surface area (Å²) in [6, 6.07) is 11.7. The number of hydrogen-bond acceptors (Lipinski definition) is 4. The Morgan fingerprint density at radius 3 is 2.67 bits per heavy atom. The molecule has 2 heterocycles. The number of pyridine rings is 1. The Hall–Kier alpha value is -2.79. The molecule has 0 radical (unpaired) electrons. The van der Waals surface area contributed by atoms with Crippen molar-refractivity contribution in [2.45, 2.75) is 20.3 Å². The van der Waals surface area contributed by atoms with Gasteiger partial charge < -0.3 is 20.3 Å². The van der Waals surface area contributed by atoms with Gasteiger partial charge in [0.1, 0.15) is 11.6 Å². The van der Waals surface area contributed by atoms with Gasteiger partial charge in [-0.1, -0.05) is 26.0 Å². The average Bonchev–Trinajstić information content (AvgIpc) is 3.07. The summed E-state index contributed by atoms with van der Waals surface area (Å²) in [5, 5.41) is 17.8. The molecular weight excluding hydrogens is 336 g/mol. The van der Waals surface area contributed by atoms with Crippen LogP contribution in [-0.2, 0) is 0 Å². The van der Waals surface area contributed by atoms with Crippen LogP contribution in [0, 0.1) is 0 Å². The first-order valence-corrected chi connectivity index (χ1v) is 9.69. The molecule has 0 fully saturated rings. The number of aromatic nitrogens is 2. The second-order valence-electron chi connectivity index (χ2n) is 6.91. The maximum atomic E-state index is 9.81. The Bertz CT molecular complexity index is 1080. The van der Waals surface area contributed by atoms with Gasteiger partial charge in [-0.2, -0.15) is 0 Å². The van der Waals surface area contributed by atoms with Gasteiger partial charge in [0.05, 0.1) is 10.9 Å². The van der Waals surface area contributed by atoms with E-state index in [1.807, 2.05) is 24.4 Å². The van der Waals surface area contributed by atoms with Crippen LogP contribution in [0.3, 0.4) is 0 Å². The molecule has 5 heteroatoms. The van der Waals surface area contributed by atoms with Crippen molar-refractivity contribution in [2.24, 2.45) is 0 Å². The van der Waals surface area contributed by atoms with Crippen LogP contribution >= 0.6 is 0 Å². The van der Waals surface area contributed by atoms with E-state index in [4.69, 9.17) is 0 Å². The van der Waals surface area contributed by atoms with Gasteiger partial charge >= 0.3 is 0 Å². The summed E-state index contributed by atoms with van der Waals surface area (Å²) in [7, 11) is 0. The van der Waals surface area contributed by atoms with E-state index in [2.05, 4.69) is 40.1 Å². The lowest BCUT2D eigenvalue weighted by atomic mass is 10.0. The number of H-pyrrole nitrogens is 1. The molecule has 0 saturated carbocycles. The summed E-state index contributed by atoms with van der Waals surface area (Å²) in [5.41, 5.74) is 2.16. The van der Waals surface area contributed by atoms with Gasteiger partial charge in [0.2, 0.25) is 0 Å². The standard InChI is InChI=1S/C22H26N4O/c1-3-26(4-2)13-5-11-23-22-21-19(10-12-24-22)25-18-9-6-15-14-16(27)7-8-17(15)20(18)21/h6-10,12,14,25,27H,3-5,11,13H2,1-2H3,(H,23,24). The Labute approximate surface area is 159 Å². The van der Waals surface area contributed by atoms with Crippen molar-refractivity contribution in [3.63, 3.8) is 0 Å². The van der Waals surface area contributed by atoms with Crippen LogP contribution < -0.4 is 5.32 Å². The van der Waals surface area contributed by atoms with Crippen molar-refractivity contribution in [3.05, 3.63) is 42.6 Å². The molecule has 140 valence electrons. The minimum atomic E-state index is 0.287. The molecule has 4 aromatic rings. The van der Waals surface area contributed by atoms with Crippen molar-refractivity contribution < 1.29 is 5.11 Å². The van der Waals surface area contributed by atoms with Crippen molar-refractivity contribution >= 4 is 38.4 Å². The molecular formula is C22H26N4O. The van der Waals surface area contributed by atoms with E-state index in [0.29, 0.717) is 0 Å². The molecule has 5 nitrogen and oxygen atoms in total. The third kappa shape index (κ3) is 3.30. The Morgan fingerprint density at radius 1 is 1.04 bits per heavy atom. The highest BCUT2D eigenvalue weighted by Crippen LogP contribution is 2.36. The number of nitrogens with zero attached hydrogens (tertiary/aromatic N) is 2. The van der Waals surface area contributed by atoms with E-state index >= 15 is 0 Å². The highest BCUT2D eigenvalue weighted by Gasteiger charge is 2.13. The summed E-state index contributed by atoms with van der Waals surface area (Å²) < 4.78 is 0. The molecule has 0 atom stereocenters. The summed E-state index contributed by atoms with van der Waals surface area (Å²) in [5.74, 6) is 1.20. The second kappa shape index (κ2) is 7.45. The minimum absolute atomic E-state index is 0.287. The van der Waals surface area contributed by atoms with Crippen LogP contribution in [0.15, 0.2) is 42.6 Å². The Morgan fingerprint density at radius 2 is 1.85 bits per heavy atom. The zero-order valence-corrected chi connectivity index (χ0v) is 15.9. The number of aromatic hydroxyl groups is 1. The first-order valence-electron chi connectivity index (χ1n) is 9.69. The molecule has 0 spiro atoms. The fraction of sp³-hybridized carbons (Fsp3) is 0.318. The zero-order valence-electron chi connectivity index (χ0n) is 15.9. The predicted molar refractivity (Wildman–Crippen MR) is 114 cm³/mol. The lowest BCUT2D eigenvalue weighted by Crippen LogP contribution is -2.25. The lowest BCUT2D eigenvalue weighted by molar-refractivity contribution is 0.303. The molecule has 2 aromatic carbocycles. The minimum Gasteiger partial charge on any atom is -0.508 e. The first kappa shape index (κ1) is 17.6. The summed E-state index contributed by atoms with van der Waals surface area (Å²) in [6.45, 7) is 8.56. The molecule has 0 unspecified atom stereocenters. The Balaban J connectivity index is 1.72.